The zero-order valence-corrected chi connectivity index (χ0v) is 16.1. The molecule has 0 spiro atoms. The molecule has 3 rings (SSSR count). The summed E-state index contributed by atoms with van der Waals surface area (Å²) in [5, 5.41) is 3.16. The number of piperidine rings is 1. The van der Waals surface area contributed by atoms with E-state index in [2.05, 4.69) is 10.0 Å². The highest BCUT2D eigenvalue weighted by atomic mass is 35.5. The third-order valence-corrected chi connectivity index (χ3v) is 6.34. The van der Waals surface area contributed by atoms with Crippen molar-refractivity contribution in [2.75, 3.05) is 25.4 Å². The van der Waals surface area contributed by atoms with E-state index in [4.69, 9.17) is 4.74 Å². The van der Waals surface area contributed by atoms with E-state index in [0.717, 1.165) is 31.4 Å². The van der Waals surface area contributed by atoms with Gasteiger partial charge in [-0.1, -0.05) is 6.07 Å². The molecule has 148 valence electrons. The van der Waals surface area contributed by atoms with Crippen LogP contribution in [0.1, 0.15) is 37.2 Å². The van der Waals surface area contributed by atoms with E-state index in [9.17, 15) is 17.2 Å². The molecule has 0 aliphatic carbocycles. The average Bonchev–Trinajstić information content (AvgIpc) is 2.58. The predicted molar refractivity (Wildman–Crippen MR) is 98.1 cm³/mol. The molecule has 1 aromatic carbocycles. The number of hydrogen-bond acceptors (Lipinski definition) is 4. The molecule has 5 nitrogen and oxygen atoms in total. The number of sulfonamides is 1. The molecule has 2 aliphatic rings. The fourth-order valence-electron chi connectivity index (χ4n) is 3.59. The Labute approximate surface area is 159 Å². The quantitative estimate of drug-likeness (QED) is 0.781. The first-order valence-corrected chi connectivity index (χ1v) is 10.4. The topological polar surface area (TPSA) is 67.4 Å². The van der Waals surface area contributed by atoms with Gasteiger partial charge in [-0.05, 0) is 49.9 Å². The monoisotopic (exact) mass is 410 g/mol. The van der Waals surface area contributed by atoms with Crippen LogP contribution >= 0.6 is 12.4 Å². The van der Waals surface area contributed by atoms with Crippen LogP contribution < -0.4 is 10.0 Å². The highest BCUT2D eigenvalue weighted by Gasteiger charge is 2.32. The number of benzene rings is 1. The van der Waals surface area contributed by atoms with E-state index in [1.54, 1.807) is 0 Å². The predicted octanol–water partition coefficient (Wildman–Crippen LogP) is 2.32. The maximum Gasteiger partial charge on any atom is 0.214 e. The molecular formula is C17H25ClF2N2O3S. The number of hydrogen-bond donors (Lipinski definition) is 2. The molecule has 0 saturated carbocycles. The lowest BCUT2D eigenvalue weighted by molar-refractivity contribution is 0.0303. The van der Waals surface area contributed by atoms with E-state index in [1.165, 1.54) is 6.07 Å². The molecule has 0 radical (unpaired) electrons. The Morgan fingerprint density at radius 2 is 2.00 bits per heavy atom. The molecule has 1 aromatic rings. The van der Waals surface area contributed by atoms with Crippen molar-refractivity contribution >= 4 is 22.4 Å². The largest absolute Gasteiger partial charge is 0.377 e. The lowest BCUT2D eigenvalue weighted by atomic mass is 9.86. The minimum Gasteiger partial charge on any atom is -0.377 e. The number of rotatable bonds is 5. The van der Waals surface area contributed by atoms with Gasteiger partial charge in [0.25, 0.3) is 0 Å². The molecule has 3 atom stereocenters. The highest BCUT2D eigenvalue weighted by molar-refractivity contribution is 7.89. The maximum atomic E-state index is 13.6. The van der Waals surface area contributed by atoms with Crippen LogP contribution in [-0.4, -0.2) is 46.0 Å². The Morgan fingerprint density at radius 3 is 2.69 bits per heavy atom. The van der Waals surface area contributed by atoms with E-state index < -0.39 is 27.7 Å². The van der Waals surface area contributed by atoms with Crippen molar-refractivity contribution in [1.29, 1.82) is 0 Å². The molecule has 2 aliphatic heterocycles. The van der Waals surface area contributed by atoms with Crippen LogP contribution in [0.2, 0.25) is 0 Å². The first-order chi connectivity index (χ1) is 11.9. The minimum atomic E-state index is -3.52. The van der Waals surface area contributed by atoms with Crippen LogP contribution in [0, 0.1) is 11.6 Å². The van der Waals surface area contributed by atoms with Crippen molar-refractivity contribution < 1.29 is 21.9 Å². The van der Waals surface area contributed by atoms with Crippen molar-refractivity contribution in [3.63, 3.8) is 0 Å². The van der Waals surface area contributed by atoms with Gasteiger partial charge in [-0.3, -0.25) is 0 Å². The van der Waals surface area contributed by atoms with Crippen LogP contribution in [-0.2, 0) is 14.8 Å². The zero-order valence-electron chi connectivity index (χ0n) is 14.4. The lowest BCUT2D eigenvalue weighted by Crippen LogP contribution is -2.51. The van der Waals surface area contributed by atoms with Crippen LogP contribution in [0.25, 0.3) is 0 Å². The molecule has 2 fully saturated rings. The van der Waals surface area contributed by atoms with Gasteiger partial charge in [0.2, 0.25) is 10.0 Å². The summed E-state index contributed by atoms with van der Waals surface area (Å²) >= 11 is 0. The molecule has 0 amide bonds. The fraction of sp³-hybridized carbons (Fsp3) is 0.647. The summed E-state index contributed by atoms with van der Waals surface area (Å²) in [5.41, 5.74) is 0.613. The van der Waals surface area contributed by atoms with Gasteiger partial charge in [-0.25, -0.2) is 21.9 Å². The molecule has 0 aromatic heterocycles. The van der Waals surface area contributed by atoms with Gasteiger partial charge >= 0.3 is 0 Å². The van der Waals surface area contributed by atoms with Gasteiger partial charge in [-0.15, -0.1) is 12.4 Å². The third-order valence-electron chi connectivity index (χ3n) is 4.86. The second-order valence-electron chi connectivity index (χ2n) is 6.77. The molecule has 3 unspecified atom stereocenters. The molecular weight excluding hydrogens is 386 g/mol. The summed E-state index contributed by atoms with van der Waals surface area (Å²) in [4.78, 5) is 0. The van der Waals surface area contributed by atoms with Crippen molar-refractivity contribution in [3.8, 4) is 0 Å². The smallest absolute Gasteiger partial charge is 0.214 e. The fourth-order valence-corrected chi connectivity index (χ4v) is 5.14. The second kappa shape index (κ2) is 9.41. The standard InChI is InChI=1S/C17H24F2N2O3S.ClH/c18-15-5-4-12(9-16(15)19)14-6-7-20-10-17(14)21-25(22,23)11-13-3-1-2-8-24-13;/h4-5,9,13-14,17,20-21H,1-3,6-8,10-11H2;1H. The van der Waals surface area contributed by atoms with E-state index in [-0.39, 0.29) is 30.2 Å². The highest BCUT2D eigenvalue weighted by Crippen LogP contribution is 2.27. The molecule has 26 heavy (non-hydrogen) atoms. The van der Waals surface area contributed by atoms with E-state index in [0.29, 0.717) is 31.7 Å². The Bertz CT molecular complexity index is 699. The number of ether oxygens (including phenoxy) is 1. The molecule has 0 bridgehead atoms. The first kappa shape index (κ1) is 21.5. The summed E-state index contributed by atoms with van der Waals surface area (Å²) in [7, 11) is -3.52. The van der Waals surface area contributed by atoms with Crippen molar-refractivity contribution in [3.05, 3.63) is 35.4 Å². The summed E-state index contributed by atoms with van der Waals surface area (Å²) in [6, 6.07) is 3.39. The van der Waals surface area contributed by atoms with E-state index >= 15 is 0 Å². The van der Waals surface area contributed by atoms with Gasteiger partial charge in [0.1, 0.15) is 0 Å². The Morgan fingerprint density at radius 1 is 1.19 bits per heavy atom. The van der Waals surface area contributed by atoms with Crippen molar-refractivity contribution in [2.45, 2.75) is 43.7 Å². The number of nitrogens with one attached hydrogen (secondary N) is 2. The molecule has 2 N–H and O–H groups in total. The SMILES string of the molecule is Cl.O=S(=O)(CC1CCCCO1)NC1CNCCC1c1ccc(F)c(F)c1. The molecule has 2 heterocycles. The van der Waals surface area contributed by atoms with Crippen LogP contribution in [0.4, 0.5) is 8.78 Å². The molecule has 2 saturated heterocycles. The average molecular weight is 411 g/mol. The number of halogens is 3. The van der Waals surface area contributed by atoms with Crippen LogP contribution in [0.15, 0.2) is 18.2 Å². The van der Waals surface area contributed by atoms with Crippen molar-refractivity contribution in [1.82, 2.24) is 10.0 Å². The van der Waals surface area contributed by atoms with Gasteiger partial charge in [0.05, 0.1) is 11.9 Å². The second-order valence-corrected chi connectivity index (χ2v) is 8.57. The Balaban J connectivity index is 0.00000243. The normalized spacial score (nSPS) is 26.9. The third kappa shape index (κ3) is 5.60. The zero-order chi connectivity index (χ0) is 17.9. The van der Waals surface area contributed by atoms with Crippen molar-refractivity contribution in [2.24, 2.45) is 0 Å². The van der Waals surface area contributed by atoms with Gasteiger partial charge in [-0.2, -0.15) is 0 Å². The summed E-state index contributed by atoms with van der Waals surface area (Å²) in [6.07, 6.45) is 3.07. The summed E-state index contributed by atoms with van der Waals surface area (Å²) in [6.45, 7) is 1.75. The maximum absolute atomic E-state index is 13.6. The summed E-state index contributed by atoms with van der Waals surface area (Å²) in [5.74, 6) is -2.07. The van der Waals surface area contributed by atoms with Gasteiger partial charge in [0.15, 0.2) is 11.6 Å². The van der Waals surface area contributed by atoms with Crippen LogP contribution in [0.5, 0.6) is 0 Å². The lowest BCUT2D eigenvalue weighted by Gasteiger charge is -2.33. The summed E-state index contributed by atoms with van der Waals surface area (Å²) < 4.78 is 60.0. The van der Waals surface area contributed by atoms with Gasteiger partial charge < -0.3 is 10.1 Å². The first-order valence-electron chi connectivity index (χ1n) is 8.72. The van der Waals surface area contributed by atoms with E-state index in [1.807, 2.05) is 0 Å². The Kier molecular flexibility index (Phi) is 7.78. The minimum absolute atomic E-state index is 0. The van der Waals surface area contributed by atoms with Crippen LogP contribution in [0.3, 0.4) is 0 Å². The molecule has 9 heteroatoms. The Hall–Kier alpha value is -0.800. The van der Waals surface area contributed by atoms with Gasteiger partial charge in [0, 0.05) is 25.1 Å².